The number of hydrogen-bond donors (Lipinski definition) is 2. The first-order chi connectivity index (χ1) is 8.66. The van der Waals surface area contributed by atoms with E-state index >= 15 is 0 Å². The lowest BCUT2D eigenvalue weighted by molar-refractivity contribution is -0.124. The zero-order valence-electron chi connectivity index (χ0n) is 11.0. The van der Waals surface area contributed by atoms with Crippen molar-refractivity contribution < 1.29 is 9.21 Å². The van der Waals surface area contributed by atoms with E-state index in [4.69, 9.17) is 4.42 Å². The van der Waals surface area contributed by atoms with Gasteiger partial charge in [-0.25, -0.2) is 4.98 Å². The third-order valence-corrected chi connectivity index (χ3v) is 3.25. The highest BCUT2D eigenvalue weighted by molar-refractivity contribution is 5.82. The van der Waals surface area contributed by atoms with Crippen molar-refractivity contribution in [3.05, 3.63) is 17.8 Å². The second kappa shape index (κ2) is 6.00. The number of aryl methyl sites for hydroxylation is 1. The second-order valence-electron chi connectivity index (χ2n) is 4.90. The Balaban J connectivity index is 1.89. The van der Waals surface area contributed by atoms with Gasteiger partial charge in [0.05, 0.1) is 12.2 Å². The van der Waals surface area contributed by atoms with Gasteiger partial charge in [0.1, 0.15) is 11.8 Å². The van der Waals surface area contributed by atoms with Crippen LogP contribution in [0.3, 0.4) is 0 Å². The van der Waals surface area contributed by atoms with E-state index in [9.17, 15) is 4.79 Å². The van der Waals surface area contributed by atoms with Gasteiger partial charge < -0.3 is 15.1 Å². The molecule has 2 rings (SSSR count). The van der Waals surface area contributed by atoms with Crippen LogP contribution in [0.4, 0.5) is 0 Å². The minimum Gasteiger partial charge on any atom is -0.444 e. The molecule has 0 spiro atoms. The van der Waals surface area contributed by atoms with Gasteiger partial charge in [-0.2, -0.15) is 0 Å². The van der Waals surface area contributed by atoms with Crippen LogP contribution in [0.5, 0.6) is 0 Å². The molecule has 1 aromatic rings. The van der Waals surface area contributed by atoms with Gasteiger partial charge in [-0.1, -0.05) is 12.8 Å². The molecular weight excluding hydrogens is 230 g/mol. The van der Waals surface area contributed by atoms with Crippen molar-refractivity contribution in [2.75, 3.05) is 6.54 Å². The molecule has 2 N–H and O–H groups in total. The van der Waals surface area contributed by atoms with E-state index in [1.54, 1.807) is 6.20 Å². The van der Waals surface area contributed by atoms with Gasteiger partial charge in [-0.15, -0.1) is 0 Å². The van der Waals surface area contributed by atoms with Crippen LogP contribution in [-0.4, -0.2) is 23.5 Å². The summed E-state index contributed by atoms with van der Waals surface area (Å²) in [5.74, 6) is 1.37. The summed E-state index contributed by atoms with van der Waals surface area (Å²) >= 11 is 0. The SMILES string of the molecule is Cc1cnc(C(C)NC(=O)C2CCCCCN2)o1. The minimum absolute atomic E-state index is 0.0419. The van der Waals surface area contributed by atoms with Crippen molar-refractivity contribution in [2.45, 2.75) is 51.6 Å². The molecule has 0 aliphatic carbocycles. The van der Waals surface area contributed by atoms with E-state index < -0.39 is 0 Å². The maximum atomic E-state index is 12.1. The fraction of sp³-hybridized carbons (Fsp3) is 0.692. The van der Waals surface area contributed by atoms with Crippen LogP contribution in [0, 0.1) is 6.92 Å². The average Bonchev–Trinajstić information content (AvgIpc) is 2.63. The molecule has 0 saturated carbocycles. The number of aromatic nitrogens is 1. The molecule has 18 heavy (non-hydrogen) atoms. The van der Waals surface area contributed by atoms with Crippen LogP contribution in [0.2, 0.25) is 0 Å². The van der Waals surface area contributed by atoms with E-state index in [-0.39, 0.29) is 18.0 Å². The standard InChI is InChI=1S/C13H21N3O2/c1-9-8-15-13(18-9)10(2)16-12(17)11-6-4-3-5-7-14-11/h8,10-11,14H,3-7H2,1-2H3,(H,16,17). The molecule has 2 atom stereocenters. The number of amides is 1. The summed E-state index contributed by atoms with van der Waals surface area (Å²) in [5, 5.41) is 6.23. The van der Waals surface area contributed by atoms with E-state index in [1.165, 1.54) is 6.42 Å². The van der Waals surface area contributed by atoms with Crippen molar-refractivity contribution in [1.82, 2.24) is 15.6 Å². The average molecular weight is 251 g/mol. The van der Waals surface area contributed by atoms with Crippen LogP contribution >= 0.6 is 0 Å². The van der Waals surface area contributed by atoms with Gasteiger partial charge in [0, 0.05) is 0 Å². The smallest absolute Gasteiger partial charge is 0.237 e. The topological polar surface area (TPSA) is 67.2 Å². The molecule has 1 aliphatic heterocycles. The van der Waals surface area contributed by atoms with Crippen LogP contribution in [0.15, 0.2) is 10.6 Å². The van der Waals surface area contributed by atoms with Gasteiger partial charge in [0.25, 0.3) is 0 Å². The Bertz CT molecular complexity index is 395. The lowest BCUT2D eigenvalue weighted by Gasteiger charge is -2.18. The van der Waals surface area contributed by atoms with Crippen molar-refractivity contribution in [3.8, 4) is 0 Å². The van der Waals surface area contributed by atoms with Crippen LogP contribution in [-0.2, 0) is 4.79 Å². The molecule has 2 unspecified atom stereocenters. The van der Waals surface area contributed by atoms with E-state index in [2.05, 4.69) is 15.6 Å². The lowest BCUT2D eigenvalue weighted by Crippen LogP contribution is -2.44. The highest BCUT2D eigenvalue weighted by Gasteiger charge is 2.22. The van der Waals surface area contributed by atoms with Gasteiger partial charge in [0.15, 0.2) is 0 Å². The zero-order chi connectivity index (χ0) is 13.0. The molecule has 0 aromatic carbocycles. The Morgan fingerprint density at radius 2 is 2.39 bits per heavy atom. The Morgan fingerprint density at radius 3 is 3.11 bits per heavy atom. The fourth-order valence-electron chi connectivity index (χ4n) is 2.20. The van der Waals surface area contributed by atoms with Crippen molar-refractivity contribution in [3.63, 3.8) is 0 Å². The number of carbonyl (C=O) groups excluding carboxylic acids is 1. The number of rotatable bonds is 3. The molecule has 1 aliphatic rings. The summed E-state index contributed by atoms with van der Waals surface area (Å²) in [6.45, 7) is 4.66. The van der Waals surface area contributed by atoms with Crippen LogP contribution < -0.4 is 10.6 Å². The zero-order valence-corrected chi connectivity index (χ0v) is 11.0. The summed E-state index contributed by atoms with van der Waals surface area (Å²) < 4.78 is 5.41. The Hall–Kier alpha value is -1.36. The van der Waals surface area contributed by atoms with E-state index in [0.717, 1.165) is 31.6 Å². The van der Waals surface area contributed by atoms with Gasteiger partial charge in [-0.3, -0.25) is 4.79 Å². The van der Waals surface area contributed by atoms with Gasteiger partial charge >= 0.3 is 0 Å². The maximum absolute atomic E-state index is 12.1. The fourth-order valence-corrected chi connectivity index (χ4v) is 2.20. The Kier molecular flexibility index (Phi) is 4.36. The van der Waals surface area contributed by atoms with E-state index in [0.29, 0.717) is 5.89 Å². The first-order valence-corrected chi connectivity index (χ1v) is 6.63. The van der Waals surface area contributed by atoms with Crippen LogP contribution in [0.25, 0.3) is 0 Å². The Morgan fingerprint density at radius 1 is 1.56 bits per heavy atom. The predicted octanol–water partition coefficient (Wildman–Crippen LogP) is 1.69. The third-order valence-electron chi connectivity index (χ3n) is 3.25. The van der Waals surface area contributed by atoms with Gasteiger partial charge in [-0.05, 0) is 33.2 Å². The Labute approximate surface area is 107 Å². The summed E-state index contributed by atoms with van der Waals surface area (Å²) in [6, 6.07) is -0.262. The van der Waals surface area contributed by atoms with Gasteiger partial charge in [0.2, 0.25) is 11.8 Å². The monoisotopic (exact) mass is 251 g/mol. The lowest BCUT2D eigenvalue weighted by atomic mass is 10.1. The normalized spacial score (nSPS) is 22.2. The molecule has 1 saturated heterocycles. The quantitative estimate of drug-likeness (QED) is 0.858. The number of hydrogen-bond acceptors (Lipinski definition) is 4. The van der Waals surface area contributed by atoms with Crippen LogP contribution in [0.1, 0.15) is 50.3 Å². The van der Waals surface area contributed by atoms with Crippen molar-refractivity contribution in [1.29, 1.82) is 0 Å². The number of carbonyl (C=O) groups is 1. The number of nitrogens with zero attached hydrogens (tertiary/aromatic N) is 1. The maximum Gasteiger partial charge on any atom is 0.237 e. The third kappa shape index (κ3) is 3.32. The molecule has 0 radical (unpaired) electrons. The van der Waals surface area contributed by atoms with Crippen molar-refractivity contribution in [2.24, 2.45) is 0 Å². The molecule has 5 nitrogen and oxygen atoms in total. The predicted molar refractivity (Wildman–Crippen MR) is 68.1 cm³/mol. The summed E-state index contributed by atoms with van der Waals surface area (Å²) in [5.41, 5.74) is 0. The molecule has 1 amide bonds. The summed E-state index contributed by atoms with van der Waals surface area (Å²) in [7, 11) is 0. The first kappa shape index (κ1) is 13.1. The molecule has 1 fully saturated rings. The summed E-state index contributed by atoms with van der Waals surface area (Å²) in [4.78, 5) is 16.2. The molecule has 0 bridgehead atoms. The molecule has 5 heteroatoms. The largest absolute Gasteiger partial charge is 0.444 e. The van der Waals surface area contributed by atoms with E-state index in [1.807, 2.05) is 13.8 Å². The molecular formula is C13H21N3O2. The number of oxazole rings is 1. The number of nitrogens with one attached hydrogen (secondary N) is 2. The summed E-state index contributed by atoms with van der Waals surface area (Å²) in [6.07, 6.45) is 6.03. The minimum atomic E-state index is -0.184. The van der Waals surface area contributed by atoms with Crippen molar-refractivity contribution >= 4 is 5.91 Å². The molecule has 1 aromatic heterocycles. The molecule has 2 heterocycles. The highest BCUT2D eigenvalue weighted by atomic mass is 16.4. The molecule has 100 valence electrons. The highest BCUT2D eigenvalue weighted by Crippen LogP contribution is 2.14. The first-order valence-electron chi connectivity index (χ1n) is 6.63. The second-order valence-corrected chi connectivity index (χ2v) is 4.90.